The van der Waals surface area contributed by atoms with Crippen molar-refractivity contribution < 1.29 is 24.1 Å². The van der Waals surface area contributed by atoms with Crippen LogP contribution in [0, 0.1) is 35.0 Å². The lowest BCUT2D eigenvalue weighted by Crippen LogP contribution is -2.44. The van der Waals surface area contributed by atoms with Gasteiger partial charge in [0.2, 0.25) is 0 Å². The maximum atomic E-state index is 12.7. The summed E-state index contributed by atoms with van der Waals surface area (Å²) in [4.78, 5) is 12.7. The molecule has 6 atom stereocenters. The molecule has 1 aromatic carbocycles. The molecular weight excluding hydrogens is 404 g/mol. The molecule has 1 aromatic rings. The number of aliphatic hydroxyl groups excluding tert-OH is 1. The maximum absolute atomic E-state index is 12.7. The Hall–Kier alpha value is -1.87. The molecule has 176 valence electrons. The fourth-order valence-corrected chi connectivity index (χ4v) is 5.79. The Kier molecular flexibility index (Phi) is 8.03. The summed E-state index contributed by atoms with van der Waals surface area (Å²) in [6.45, 7) is 8.32. The Labute approximate surface area is 192 Å². The third-order valence-corrected chi connectivity index (χ3v) is 7.59. The summed E-state index contributed by atoms with van der Waals surface area (Å²) in [5.74, 6) is 6.53. The average molecular weight is 443 g/mol. The Morgan fingerprint density at radius 3 is 2.66 bits per heavy atom. The molecule has 0 spiro atoms. The highest BCUT2D eigenvalue weighted by Gasteiger charge is 2.54. The number of benzene rings is 1. The largest absolute Gasteiger partial charge is 0.458 e. The van der Waals surface area contributed by atoms with E-state index < -0.39 is 11.7 Å². The fourth-order valence-electron chi connectivity index (χ4n) is 5.79. The van der Waals surface area contributed by atoms with Gasteiger partial charge in [-0.25, -0.2) is 4.79 Å². The summed E-state index contributed by atoms with van der Waals surface area (Å²) in [5.41, 5.74) is -0.0450. The third kappa shape index (κ3) is 5.54. The van der Waals surface area contributed by atoms with Gasteiger partial charge >= 0.3 is 5.97 Å². The van der Waals surface area contributed by atoms with Crippen molar-refractivity contribution in [2.24, 2.45) is 23.2 Å². The Morgan fingerprint density at radius 1 is 1.25 bits per heavy atom. The molecule has 2 aliphatic rings. The highest BCUT2D eigenvalue weighted by Crippen LogP contribution is 2.58. The van der Waals surface area contributed by atoms with Gasteiger partial charge in [0.05, 0.1) is 5.56 Å². The number of carbonyl (C=O) groups excluding carboxylic acids is 1. The van der Waals surface area contributed by atoms with Gasteiger partial charge < -0.3 is 19.3 Å². The van der Waals surface area contributed by atoms with E-state index in [0.717, 1.165) is 32.1 Å². The second kappa shape index (κ2) is 10.4. The highest BCUT2D eigenvalue weighted by atomic mass is 16.7. The summed E-state index contributed by atoms with van der Waals surface area (Å²) >= 11 is 0. The van der Waals surface area contributed by atoms with Crippen LogP contribution in [0.4, 0.5) is 0 Å². The average Bonchev–Trinajstić information content (AvgIpc) is 3.14. The Balaban J connectivity index is 1.68. The minimum Gasteiger partial charge on any atom is -0.458 e. The van der Waals surface area contributed by atoms with Gasteiger partial charge in [0.15, 0.2) is 0 Å². The first-order chi connectivity index (χ1) is 15.2. The molecule has 2 saturated carbocycles. The molecule has 2 fully saturated rings. The normalized spacial score (nSPS) is 29.4. The van der Waals surface area contributed by atoms with Crippen molar-refractivity contribution >= 4 is 5.97 Å². The minimum atomic E-state index is -0.728. The monoisotopic (exact) mass is 442 g/mol. The lowest BCUT2D eigenvalue weighted by molar-refractivity contribution is -0.0879. The maximum Gasteiger partial charge on any atom is 0.338 e. The predicted molar refractivity (Wildman–Crippen MR) is 124 cm³/mol. The summed E-state index contributed by atoms with van der Waals surface area (Å²) in [5, 5.41) is 10.9. The fraction of sp³-hybridized carbons (Fsp3) is 0.667. The van der Waals surface area contributed by atoms with Gasteiger partial charge in [0.1, 0.15) is 24.6 Å². The van der Waals surface area contributed by atoms with E-state index in [1.807, 2.05) is 32.0 Å². The second-order valence-electron chi connectivity index (χ2n) is 10.1. The van der Waals surface area contributed by atoms with Gasteiger partial charge in [0, 0.05) is 13.0 Å². The van der Waals surface area contributed by atoms with E-state index in [0.29, 0.717) is 17.4 Å². The van der Waals surface area contributed by atoms with Crippen LogP contribution in [0.1, 0.15) is 70.2 Å². The number of hydrogen-bond donors (Lipinski definition) is 1. The molecule has 5 heteroatoms. The zero-order valence-corrected chi connectivity index (χ0v) is 20.1. The van der Waals surface area contributed by atoms with Gasteiger partial charge in [-0.15, -0.1) is 0 Å². The number of carbonyl (C=O) groups is 1. The first-order valence-electron chi connectivity index (χ1n) is 11.8. The molecule has 32 heavy (non-hydrogen) atoms. The van der Waals surface area contributed by atoms with E-state index in [-0.39, 0.29) is 30.2 Å². The van der Waals surface area contributed by atoms with Gasteiger partial charge in [-0.2, -0.15) is 0 Å². The molecule has 0 bridgehead atoms. The molecule has 1 N–H and O–H groups in total. The summed E-state index contributed by atoms with van der Waals surface area (Å²) in [6, 6.07) is 9.22. The Morgan fingerprint density at radius 2 is 1.97 bits per heavy atom. The Bertz CT molecular complexity index is 823. The molecule has 3 rings (SSSR count). The zero-order chi connectivity index (χ0) is 23.4. The summed E-state index contributed by atoms with van der Waals surface area (Å²) < 4.78 is 16.6. The van der Waals surface area contributed by atoms with E-state index in [1.54, 1.807) is 19.2 Å². The number of hydrogen-bond acceptors (Lipinski definition) is 5. The second-order valence-corrected chi connectivity index (χ2v) is 10.1. The molecule has 0 amide bonds. The quantitative estimate of drug-likeness (QED) is 0.372. The van der Waals surface area contributed by atoms with E-state index >= 15 is 0 Å². The van der Waals surface area contributed by atoms with Crippen LogP contribution in [0.5, 0.6) is 0 Å². The van der Waals surface area contributed by atoms with Gasteiger partial charge in [0.25, 0.3) is 0 Å². The SMILES string of the molecule is COCOC(C)(C)C#C[C@@H](O)[C@H](C)C1CCC2[C@H](OC(=O)c3ccccc3)CCC[C@@]12C. The molecule has 5 nitrogen and oxygen atoms in total. The zero-order valence-electron chi connectivity index (χ0n) is 20.1. The number of aliphatic hydroxyl groups is 1. The number of esters is 1. The van der Waals surface area contributed by atoms with Crippen LogP contribution < -0.4 is 0 Å². The van der Waals surface area contributed by atoms with Crippen molar-refractivity contribution in [3.63, 3.8) is 0 Å². The molecule has 0 aliphatic heterocycles. The smallest absolute Gasteiger partial charge is 0.338 e. The number of methoxy groups -OCH3 is 1. The number of rotatable bonds is 7. The first kappa shape index (κ1) is 24.8. The molecule has 0 radical (unpaired) electrons. The lowest BCUT2D eigenvalue weighted by Gasteiger charge is -2.46. The van der Waals surface area contributed by atoms with E-state index in [4.69, 9.17) is 14.2 Å². The molecule has 0 heterocycles. The summed E-state index contributed by atoms with van der Waals surface area (Å²) in [6.07, 6.45) is 4.27. The van der Waals surface area contributed by atoms with E-state index in [2.05, 4.69) is 25.7 Å². The van der Waals surface area contributed by atoms with Crippen LogP contribution in [-0.2, 0) is 14.2 Å². The van der Waals surface area contributed by atoms with Crippen LogP contribution in [-0.4, -0.2) is 42.8 Å². The lowest BCUT2D eigenvalue weighted by atomic mass is 9.61. The van der Waals surface area contributed by atoms with Crippen LogP contribution in [0.25, 0.3) is 0 Å². The van der Waals surface area contributed by atoms with Crippen molar-refractivity contribution in [2.45, 2.75) is 77.6 Å². The number of ether oxygens (including phenoxy) is 3. The molecule has 0 saturated heterocycles. The van der Waals surface area contributed by atoms with Crippen molar-refractivity contribution in [1.82, 2.24) is 0 Å². The van der Waals surface area contributed by atoms with E-state index in [1.165, 1.54) is 0 Å². The van der Waals surface area contributed by atoms with Crippen molar-refractivity contribution in [3.8, 4) is 11.8 Å². The van der Waals surface area contributed by atoms with E-state index in [9.17, 15) is 9.90 Å². The van der Waals surface area contributed by atoms with Crippen molar-refractivity contribution in [2.75, 3.05) is 13.9 Å². The molecule has 2 aliphatic carbocycles. The molecule has 2 unspecified atom stereocenters. The topological polar surface area (TPSA) is 65.0 Å². The number of fused-ring (bicyclic) bond motifs is 1. The molecular formula is C27H38O5. The third-order valence-electron chi connectivity index (χ3n) is 7.59. The highest BCUT2D eigenvalue weighted by molar-refractivity contribution is 5.89. The van der Waals surface area contributed by atoms with Crippen LogP contribution in [0.15, 0.2) is 30.3 Å². The van der Waals surface area contributed by atoms with Crippen LogP contribution in [0.3, 0.4) is 0 Å². The minimum absolute atomic E-state index is 0.0271. The van der Waals surface area contributed by atoms with Gasteiger partial charge in [-0.3, -0.25) is 0 Å². The van der Waals surface area contributed by atoms with Crippen molar-refractivity contribution in [1.29, 1.82) is 0 Å². The van der Waals surface area contributed by atoms with Crippen LogP contribution in [0.2, 0.25) is 0 Å². The molecule has 0 aromatic heterocycles. The van der Waals surface area contributed by atoms with Crippen LogP contribution >= 0.6 is 0 Å². The summed E-state index contributed by atoms with van der Waals surface area (Å²) in [7, 11) is 1.58. The predicted octanol–water partition coefficient (Wildman–Crippen LogP) is 4.83. The van der Waals surface area contributed by atoms with Gasteiger partial charge in [-0.05, 0) is 75.3 Å². The van der Waals surface area contributed by atoms with Crippen molar-refractivity contribution in [3.05, 3.63) is 35.9 Å². The standard InChI is InChI=1S/C27H38O5/c1-19(23(28)15-17-26(2,3)31-18-30-5)21-13-14-22-24(12-9-16-27(21,22)4)32-25(29)20-10-7-6-8-11-20/h6-8,10-11,19,21-24,28H,9,12-14,16,18H2,1-5H3/t19-,21?,22?,23-,24-,27+/m1/s1. The van der Waals surface area contributed by atoms with Gasteiger partial charge in [-0.1, -0.05) is 43.9 Å². The first-order valence-corrected chi connectivity index (χ1v) is 11.8.